The molecule has 0 aromatic heterocycles. The second-order valence-electron chi connectivity index (χ2n) is 7.33. The van der Waals surface area contributed by atoms with Crippen LogP contribution in [0, 0.1) is 11.8 Å². The third-order valence-electron chi connectivity index (χ3n) is 4.34. The summed E-state index contributed by atoms with van der Waals surface area (Å²) in [5.41, 5.74) is 0. The van der Waals surface area contributed by atoms with Crippen LogP contribution >= 0.6 is 0 Å². The van der Waals surface area contributed by atoms with Crippen LogP contribution in [0.25, 0.3) is 0 Å². The van der Waals surface area contributed by atoms with E-state index in [4.69, 9.17) is 0 Å². The zero-order valence-corrected chi connectivity index (χ0v) is 14.7. The van der Waals surface area contributed by atoms with Gasteiger partial charge >= 0.3 is 6.03 Å². The van der Waals surface area contributed by atoms with Gasteiger partial charge in [0.2, 0.25) is 0 Å². The largest absolute Gasteiger partial charge is 0.337 e. The first-order chi connectivity index (χ1) is 9.53. The van der Waals surface area contributed by atoms with Crippen molar-refractivity contribution >= 4 is 15.9 Å². The number of sulfone groups is 1. The summed E-state index contributed by atoms with van der Waals surface area (Å²) in [4.78, 5) is 11.9. The molecule has 5 nitrogen and oxygen atoms in total. The predicted octanol–water partition coefficient (Wildman–Crippen LogP) is 2.32. The van der Waals surface area contributed by atoms with Crippen LogP contribution < -0.4 is 10.6 Å². The number of nitrogens with one attached hydrogen (secondary N) is 2. The Balaban J connectivity index is 2.35. The van der Waals surface area contributed by atoms with E-state index >= 15 is 0 Å². The SMILES string of the molecule is C[C@H]1CC[C@@H](NC(=O)NCCS(=O)(=O)C(C)(C)C)[C@H](C)C1. The first-order valence-corrected chi connectivity index (χ1v) is 9.45. The van der Waals surface area contributed by atoms with Crippen LogP contribution in [-0.2, 0) is 9.84 Å². The average molecular weight is 318 g/mol. The Morgan fingerprint density at radius 1 is 1.19 bits per heavy atom. The highest BCUT2D eigenvalue weighted by atomic mass is 32.2. The third-order valence-corrected chi connectivity index (χ3v) is 6.94. The van der Waals surface area contributed by atoms with Crippen molar-refractivity contribution in [2.45, 2.75) is 64.7 Å². The summed E-state index contributed by atoms with van der Waals surface area (Å²) in [5, 5.41) is 5.63. The second kappa shape index (κ2) is 6.99. The maximum atomic E-state index is 11.9. The molecule has 6 heteroatoms. The highest BCUT2D eigenvalue weighted by Gasteiger charge is 2.29. The number of rotatable bonds is 4. The van der Waals surface area contributed by atoms with Crippen LogP contribution in [0.4, 0.5) is 4.79 Å². The summed E-state index contributed by atoms with van der Waals surface area (Å²) in [6.45, 7) is 9.57. The van der Waals surface area contributed by atoms with Gasteiger partial charge in [-0.15, -0.1) is 0 Å². The van der Waals surface area contributed by atoms with Crippen molar-refractivity contribution in [1.29, 1.82) is 0 Å². The molecular weight excluding hydrogens is 288 g/mol. The van der Waals surface area contributed by atoms with Crippen LogP contribution in [0.5, 0.6) is 0 Å². The van der Waals surface area contributed by atoms with Gasteiger partial charge in [0.1, 0.15) is 0 Å². The normalized spacial score (nSPS) is 27.2. The average Bonchev–Trinajstić information content (AvgIpc) is 2.31. The molecule has 2 N–H and O–H groups in total. The number of carbonyl (C=O) groups excluding carboxylic acids is 1. The maximum absolute atomic E-state index is 11.9. The first kappa shape index (κ1) is 18.3. The number of amides is 2. The van der Waals surface area contributed by atoms with Gasteiger partial charge < -0.3 is 10.6 Å². The van der Waals surface area contributed by atoms with Crippen molar-refractivity contribution in [3.8, 4) is 0 Å². The molecule has 0 aromatic carbocycles. The van der Waals surface area contributed by atoms with Crippen molar-refractivity contribution in [2.75, 3.05) is 12.3 Å². The Morgan fingerprint density at radius 2 is 1.81 bits per heavy atom. The Morgan fingerprint density at radius 3 is 2.33 bits per heavy atom. The lowest BCUT2D eigenvalue weighted by Gasteiger charge is -2.33. The van der Waals surface area contributed by atoms with Gasteiger partial charge in [-0.3, -0.25) is 0 Å². The highest BCUT2D eigenvalue weighted by Crippen LogP contribution is 2.28. The van der Waals surface area contributed by atoms with Crippen LogP contribution in [0.15, 0.2) is 0 Å². The molecule has 3 atom stereocenters. The van der Waals surface area contributed by atoms with E-state index < -0.39 is 14.6 Å². The molecule has 1 saturated carbocycles. The standard InChI is InChI=1S/C15H30N2O3S/c1-11-6-7-13(12(2)10-11)17-14(18)16-8-9-21(19,20)15(3,4)5/h11-13H,6-10H2,1-5H3,(H2,16,17,18)/t11-,12+,13+/m0/s1. The van der Waals surface area contributed by atoms with E-state index in [1.807, 2.05) is 0 Å². The maximum Gasteiger partial charge on any atom is 0.315 e. The molecular formula is C15H30N2O3S. The fraction of sp³-hybridized carbons (Fsp3) is 0.933. The van der Waals surface area contributed by atoms with E-state index in [1.54, 1.807) is 20.8 Å². The van der Waals surface area contributed by atoms with Gasteiger partial charge in [0, 0.05) is 12.6 Å². The summed E-state index contributed by atoms with van der Waals surface area (Å²) in [6, 6.07) is -0.0639. The van der Waals surface area contributed by atoms with Gasteiger partial charge in [0.05, 0.1) is 10.5 Å². The number of hydrogen-bond donors (Lipinski definition) is 2. The van der Waals surface area contributed by atoms with Crippen LogP contribution in [-0.4, -0.2) is 37.5 Å². The minimum atomic E-state index is -3.19. The lowest BCUT2D eigenvalue weighted by atomic mass is 9.80. The van der Waals surface area contributed by atoms with E-state index in [0.717, 1.165) is 25.2 Å². The molecule has 21 heavy (non-hydrogen) atoms. The summed E-state index contributed by atoms with van der Waals surface area (Å²) < 4.78 is 23.1. The van der Waals surface area contributed by atoms with Gasteiger partial charge in [-0.25, -0.2) is 13.2 Å². The quantitative estimate of drug-likeness (QED) is 0.835. The topological polar surface area (TPSA) is 75.3 Å². The summed E-state index contributed by atoms with van der Waals surface area (Å²) >= 11 is 0. The monoisotopic (exact) mass is 318 g/mol. The number of hydrogen-bond acceptors (Lipinski definition) is 3. The lowest BCUT2D eigenvalue weighted by molar-refractivity contribution is 0.207. The lowest BCUT2D eigenvalue weighted by Crippen LogP contribution is -2.48. The minimum absolute atomic E-state index is 0.0266. The highest BCUT2D eigenvalue weighted by molar-refractivity contribution is 7.92. The van der Waals surface area contributed by atoms with Crippen LogP contribution in [0.2, 0.25) is 0 Å². The van der Waals surface area contributed by atoms with Crippen molar-refractivity contribution < 1.29 is 13.2 Å². The Labute approximate surface area is 129 Å². The predicted molar refractivity (Wildman–Crippen MR) is 86.0 cm³/mol. The van der Waals surface area contributed by atoms with E-state index in [0.29, 0.717) is 5.92 Å². The fourth-order valence-electron chi connectivity index (χ4n) is 2.70. The number of carbonyl (C=O) groups is 1. The molecule has 0 heterocycles. The van der Waals surface area contributed by atoms with Gasteiger partial charge in [-0.1, -0.05) is 13.8 Å². The summed E-state index contributed by atoms with van der Waals surface area (Å²) in [7, 11) is -3.19. The number of urea groups is 1. The molecule has 0 radical (unpaired) electrons. The summed E-state index contributed by atoms with van der Waals surface area (Å²) in [6.07, 6.45) is 3.26. The molecule has 0 aliphatic heterocycles. The van der Waals surface area contributed by atoms with Crippen molar-refractivity contribution in [1.82, 2.24) is 10.6 Å². The molecule has 0 unspecified atom stereocenters. The molecule has 0 spiro atoms. The smallest absolute Gasteiger partial charge is 0.315 e. The van der Waals surface area contributed by atoms with E-state index in [-0.39, 0.29) is 24.4 Å². The molecule has 0 bridgehead atoms. The molecule has 0 saturated heterocycles. The molecule has 2 amide bonds. The van der Waals surface area contributed by atoms with E-state index in [9.17, 15) is 13.2 Å². The molecule has 1 aliphatic carbocycles. The van der Waals surface area contributed by atoms with Gasteiger partial charge in [0.25, 0.3) is 0 Å². The molecule has 124 valence electrons. The minimum Gasteiger partial charge on any atom is -0.337 e. The van der Waals surface area contributed by atoms with Gasteiger partial charge in [-0.05, 0) is 51.9 Å². The van der Waals surface area contributed by atoms with Gasteiger partial charge in [0.15, 0.2) is 9.84 Å². The van der Waals surface area contributed by atoms with Gasteiger partial charge in [-0.2, -0.15) is 0 Å². The third kappa shape index (κ3) is 5.49. The van der Waals surface area contributed by atoms with Crippen LogP contribution in [0.1, 0.15) is 53.9 Å². The Hall–Kier alpha value is -0.780. The fourth-order valence-corrected chi connectivity index (χ4v) is 3.69. The van der Waals surface area contributed by atoms with Crippen LogP contribution in [0.3, 0.4) is 0 Å². The Bertz CT molecular complexity index is 454. The van der Waals surface area contributed by atoms with Crippen molar-refractivity contribution in [3.63, 3.8) is 0 Å². The molecule has 1 rings (SSSR count). The second-order valence-corrected chi connectivity index (χ2v) is 10.2. The van der Waals surface area contributed by atoms with E-state index in [1.165, 1.54) is 0 Å². The van der Waals surface area contributed by atoms with E-state index in [2.05, 4.69) is 24.5 Å². The zero-order chi connectivity index (χ0) is 16.3. The van der Waals surface area contributed by atoms with Crippen molar-refractivity contribution in [2.24, 2.45) is 11.8 Å². The van der Waals surface area contributed by atoms with Crippen molar-refractivity contribution in [3.05, 3.63) is 0 Å². The summed E-state index contributed by atoms with van der Waals surface area (Å²) in [5.74, 6) is 1.16. The first-order valence-electron chi connectivity index (χ1n) is 7.79. The molecule has 1 fully saturated rings. The molecule has 1 aliphatic rings. The zero-order valence-electron chi connectivity index (χ0n) is 13.9. The Kier molecular flexibility index (Phi) is 6.08. The molecule has 0 aromatic rings.